The van der Waals surface area contributed by atoms with Gasteiger partial charge in [0.05, 0.1) is 12.8 Å². The first kappa shape index (κ1) is 19.3. The number of hydrogen-bond acceptors (Lipinski definition) is 4. The van der Waals surface area contributed by atoms with Gasteiger partial charge in [0.2, 0.25) is 11.8 Å². The lowest BCUT2D eigenvalue weighted by atomic mass is 10.1. The minimum atomic E-state index is -0.167. The second-order valence-electron chi connectivity index (χ2n) is 5.48. The van der Waals surface area contributed by atoms with Gasteiger partial charge < -0.3 is 20.7 Å². The van der Waals surface area contributed by atoms with Crippen LogP contribution < -0.4 is 20.7 Å². The number of methoxy groups -OCH3 is 1. The third kappa shape index (κ3) is 6.08. The molecule has 0 spiro atoms. The Hall–Kier alpha value is -1.79. The Bertz CT molecular complexity index is 545. The van der Waals surface area contributed by atoms with Crippen LogP contribution in [0.4, 0.5) is 11.4 Å². The van der Waals surface area contributed by atoms with E-state index in [9.17, 15) is 9.59 Å². The summed E-state index contributed by atoms with van der Waals surface area (Å²) in [6, 6.07) is 5.63. The van der Waals surface area contributed by atoms with Crippen LogP contribution in [-0.2, 0) is 9.59 Å². The smallest absolute Gasteiger partial charge is 0.224 e. The van der Waals surface area contributed by atoms with Crippen molar-refractivity contribution in [2.24, 2.45) is 0 Å². The Labute approximate surface area is 142 Å². The van der Waals surface area contributed by atoms with E-state index in [1.54, 1.807) is 18.2 Å². The van der Waals surface area contributed by atoms with E-state index in [4.69, 9.17) is 4.74 Å². The van der Waals surface area contributed by atoms with Gasteiger partial charge in [0.1, 0.15) is 5.75 Å². The summed E-state index contributed by atoms with van der Waals surface area (Å²) in [7, 11) is 1.53. The van der Waals surface area contributed by atoms with Crippen molar-refractivity contribution in [3.63, 3.8) is 0 Å². The molecule has 0 saturated carbocycles. The van der Waals surface area contributed by atoms with Crippen LogP contribution >= 0.6 is 12.4 Å². The second-order valence-corrected chi connectivity index (χ2v) is 5.48. The van der Waals surface area contributed by atoms with E-state index in [1.807, 2.05) is 0 Å². The fraction of sp³-hybridized carbons (Fsp3) is 0.500. The molecule has 3 N–H and O–H groups in total. The summed E-state index contributed by atoms with van der Waals surface area (Å²) in [5.41, 5.74) is 1.25. The number of carbonyl (C=O) groups excluding carboxylic acids is 2. The molecule has 7 heteroatoms. The molecule has 1 aliphatic heterocycles. The number of halogens is 1. The highest BCUT2D eigenvalue weighted by molar-refractivity contribution is 5.93. The predicted molar refractivity (Wildman–Crippen MR) is 93.4 cm³/mol. The summed E-state index contributed by atoms with van der Waals surface area (Å²) in [5.74, 6) is 0.340. The van der Waals surface area contributed by atoms with Crippen LogP contribution in [-0.4, -0.2) is 31.5 Å². The van der Waals surface area contributed by atoms with Crippen molar-refractivity contribution < 1.29 is 14.3 Å². The zero-order valence-corrected chi connectivity index (χ0v) is 14.3. The highest BCUT2D eigenvalue weighted by Crippen LogP contribution is 2.28. The van der Waals surface area contributed by atoms with Crippen molar-refractivity contribution in [2.75, 3.05) is 24.3 Å². The SMILES string of the molecule is COc1cc(NC(=O)CCC2CCCN2)ccc1NC(C)=O.Cl. The molecule has 6 nitrogen and oxygen atoms in total. The van der Waals surface area contributed by atoms with Gasteiger partial charge in [-0.1, -0.05) is 0 Å². The van der Waals surface area contributed by atoms with Crippen LogP contribution in [0, 0.1) is 0 Å². The van der Waals surface area contributed by atoms with Gasteiger partial charge in [-0.05, 0) is 37.9 Å². The third-order valence-corrected chi connectivity index (χ3v) is 3.68. The highest BCUT2D eigenvalue weighted by Gasteiger charge is 2.15. The average molecular weight is 342 g/mol. The number of ether oxygens (including phenoxy) is 1. The molecule has 1 atom stereocenters. The number of hydrogen-bond donors (Lipinski definition) is 3. The molecule has 0 bridgehead atoms. The van der Waals surface area contributed by atoms with Crippen molar-refractivity contribution in [2.45, 2.75) is 38.6 Å². The fourth-order valence-electron chi connectivity index (χ4n) is 2.59. The molecule has 1 aliphatic rings. The molecule has 128 valence electrons. The third-order valence-electron chi connectivity index (χ3n) is 3.68. The summed E-state index contributed by atoms with van der Waals surface area (Å²) in [6.07, 6.45) is 3.68. The van der Waals surface area contributed by atoms with Crippen LogP contribution in [0.3, 0.4) is 0 Å². The lowest BCUT2D eigenvalue weighted by Crippen LogP contribution is -2.23. The van der Waals surface area contributed by atoms with Crippen LogP contribution in [0.2, 0.25) is 0 Å². The molecule has 2 rings (SSSR count). The number of nitrogens with one attached hydrogen (secondary N) is 3. The Balaban J connectivity index is 0.00000264. The second kappa shape index (κ2) is 9.37. The molecule has 1 saturated heterocycles. The number of benzene rings is 1. The molecule has 2 amide bonds. The van der Waals surface area contributed by atoms with Crippen molar-refractivity contribution in [1.29, 1.82) is 0 Å². The number of carbonyl (C=O) groups is 2. The van der Waals surface area contributed by atoms with E-state index in [0.717, 1.165) is 19.4 Å². The van der Waals surface area contributed by atoms with Crippen LogP contribution in [0.5, 0.6) is 5.75 Å². The lowest BCUT2D eigenvalue weighted by molar-refractivity contribution is -0.116. The number of rotatable bonds is 6. The molecule has 0 radical (unpaired) electrons. The minimum Gasteiger partial charge on any atom is -0.494 e. The molecule has 1 aromatic carbocycles. The zero-order chi connectivity index (χ0) is 15.9. The predicted octanol–water partition coefficient (Wildman–Crippen LogP) is 2.55. The summed E-state index contributed by atoms with van der Waals surface area (Å²) >= 11 is 0. The van der Waals surface area contributed by atoms with E-state index in [1.165, 1.54) is 20.5 Å². The van der Waals surface area contributed by atoms with E-state index in [-0.39, 0.29) is 24.2 Å². The van der Waals surface area contributed by atoms with Gasteiger partial charge in [0, 0.05) is 31.1 Å². The van der Waals surface area contributed by atoms with Gasteiger partial charge in [-0.2, -0.15) is 0 Å². The number of anilines is 2. The van der Waals surface area contributed by atoms with Crippen molar-refractivity contribution in [3.05, 3.63) is 18.2 Å². The Morgan fingerprint density at radius 1 is 1.35 bits per heavy atom. The topological polar surface area (TPSA) is 79.5 Å². The normalized spacial score (nSPS) is 16.3. The number of amides is 2. The molecule has 23 heavy (non-hydrogen) atoms. The van der Waals surface area contributed by atoms with Crippen molar-refractivity contribution in [3.8, 4) is 5.75 Å². The Morgan fingerprint density at radius 3 is 2.74 bits per heavy atom. The van der Waals surface area contributed by atoms with Gasteiger partial charge in [-0.15, -0.1) is 12.4 Å². The van der Waals surface area contributed by atoms with Gasteiger partial charge in [-0.25, -0.2) is 0 Å². The van der Waals surface area contributed by atoms with E-state index < -0.39 is 0 Å². The summed E-state index contributed by atoms with van der Waals surface area (Å²) < 4.78 is 5.23. The van der Waals surface area contributed by atoms with Gasteiger partial charge in [0.25, 0.3) is 0 Å². The van der Waals surface area contributed by atoms with Crippen LogP contribution in [0.1, 0.15) is 32.6 Å². The van der Waals surface area contributed by atoms with Gasteiger partial charge in [0.15, 0.2) is 0 Å². The summed E-state index contributed by atoms with van der Waals surface area (Å²) in [6.45, 7) is 2.49. The van der Waals surface area contributed by atoms with Gasteiger partial charge in [-0.3, -0.25) is 9.59 Å². The molecule has 1 fully saturated rings. The molecule has 1 heterocycles. The molecular formula is C16H24ClN3O3. The highest BCUT2D eigenvalue weighted by atomic mass is 35.5. The van der Waals surface area contributed by atoms with Crippen molar-refractivity contribution >= 4 is 35.6 Å². The largest absolute Gasteiger partial charge is 0.494 e. The molecule has 1 unspecified atom stereocenters. The van der Waals surface area contributed by atoms with Crippen LogP contribution in [0.25, 0.3) is 0 Å². The molecular weight excluding hydrogens is 318 g/mol. The molecule has 0 aliphatic carbocycles. The van der Waals surface area contributed by atoms with E-state index >= 15 is 0 Å². The first-order valence-corrected chi connectivity index (χ1v) is 7.57. The average Bonchev–Trinajstić information content (AvgIpc) is 2.99. The van der Waals surface area contributed by atoms with Crippen molar-refractivity contribution in [1.82, 2.24) is 5.32 Å². The molecule has 1 aromatic rings. The quantitative estimate of drug-likeness (QED) is 0.743. The summed E-state index contributed by atoms with van der Waals surface area (Å²) in [5, 5.41) is 8.92. The zero-order valence-electron chi connectivity index (χ0n) is 13.5. The van der Waals surface area contributed by atoms with Crippen LogP contribution in [0.15, 0.2) is 18.2 Å². The minimum absolute atomic E-state index is 0. The summed E-state index contributed by atoms with van der Waals surface area (Å²) in [4.78, 5) is 23.1. The maximum Gasteiger partial charge on any atom is 0.224 e. The maximum absolute atomic E-state index is 12.0. The van der Waals surface area contributed by atoms with E-state index in [2.05, 4.69) is 16.0 Å². The Kier molecular flexibility index (Phi) is 7.85. The van der Waals surface area contributed by atoms with E-state index in [0.29, 0.717) is 29.6 Å². The standard InChI is InChI=1S/C16H23N3O3.ClH/c1-11(20)18-14-7-5-13(10-15(14)22-2)19-16(21)8-6-12-4-3-9-17-12;/h5,7,10,12,17H,3-4,6,8-9H2,1-2H3,(H,18,20)(H,19,21);1H. The van der Waals surface area contributed by atoms with Gasteiger partial charge >= 0.3 is 0 Å². The monoisotopic (exact) mass is 341 g/mol. The Morgan fingerprint density at radius 2 is 2.13 bits per heavy atom. The fourth-order valence-corrected chi connectivity index (χ4v) is 2.59. The first-order valence-electron chi connectivity index (χ1n) is 7.57. The maximum atomic E-state index is 12.0. The molecule has 0 aromatic heterocycles. The lowest BCUT2D eigenvalue weighted by Gasteiger charge is -2.13. The first-order chi connectivity index (χ1) is 10.6.